The molecule has 0 aromatic heterocycles. The molecule has 1 saturated heterocycles. The van der Waals surface area contributed by atoms with Crippen molar-refractivity contribution in [1.82, 2.24) is 9.80 Å². The molecule has 0 bridgehead atoms. The van der Waals surface area contributed by atoms with E-state index in [4.69, 9.17) is 4.74 Å². The summed E-state index contributed by atoms with van der Waals surface area (Å²) in [7, 11) is 0. The van der Waals surface area contributed by atoms with Crippen LogP contribution in [-0.2, 0) is 16.0 Å². The van der Waals surface area contributed by atoms with Gasteiger partial charge < -0.3 is 14.5 Å². The summed E-state index contributed by atoms with van der Waals surface area (Å²) >= 11 is 0. The first-order chi connectivity index (χ1) is 12.8. The molecule has 0 N–H and O–H groups in total. The molecular formula is C22H34N2O3. The Hall–Kier alpha value is -2.04. The van der Waals surface area contributed by atoms with Crippen molar-refractivity contribution < 1.29 is 14.3 Å². The predicted molar refractivity (Wildman–Crippen MR) is 108 cm³/mol. The van der Waals surface area contributed by atoms with Crippen LogP contribution in [0.15, 0.2) is 24.3 Å². The lowest BCUT2D eigenvalue weighted by Gasteiger charge is -2.35. The molecule has 1 fully saturated rings. The molecule has 27 heavy (non-hydrogen) atoms. The summed E-state index contributed by atoms with van der Waals surface area (Å²) < 4.78 is 5.68. The average molecular weight is 375 g/mol. The number of hydrogen-bond donors (Lipinski definition) is 0. The maximum absolute atomic E-state index is 12.6. The van der Waals surface area contributed by atoms with E-state index in [0.29, 0.717) is 57.5 Å². The van der Waals surface area contributed by atoms with Crippen LogP contribution in [0.1, 0.15) is 46.1 Å². The normalized spacial score (nSPS) is 14.7. The van der Waals surface area contributed by atoms with Gasteiger partial charge in [0, 0.05) is 32.6 Å². The topological polar surface area (TPSA) is 49.9 Å². The van der Waals surface area contributed by atoms with Crippen molar-refractivity contribution >= 4 is 11.8 Å². The first kappa shape index (κ1) is 21.3. The van der Waals surface area contributed by atoms with E-state index in [0.717, 1.165) is 17.7 Å². The molecule has 1 aromatic rings. The zero-order valence-corrected chi connectivity index (χ0v) is 17.2. The monoisotopic (exact) mass is 374 g/mol. The summed E-state index contributed by atoms with van der Waals surface area (Å²) in [6.07, 6.45) is 1.93. The lowest BCUT2D eigenvalue weighted by Crippen LogP contribution is -2.51. The molecule has 1 aliphatic heterocycles. The van der Waals surface area contributed by atoms with Gasteiger partial charge in [-0.15, -0.1) is 0 Å². The van der Waals surface area contributed by atoms with Crippen LogP contribution >= 0.6 is 0 Å². The second kappa shape index (κ2) is 10.3. The molecule has 5 nitrogen and oxygen atoms in total. The Morgan fingerprint density at radius 3 is 1.96 bits per heavy atom. The molecule has 0 aliphatic carbocycles. The molecule has 0 spiro atoms. The smallest absolute Gasteiger partial charge is 0.227 e. The van der Waals surface area contributed by atoms with Crippen LogP contribution in [0.2, 0.25) is 0 Å². The Kier molecular flexibility index (Phi) is 8.14. The van der Waals surface area contributed by atoms with Crippen LogP contribution in [0, 0.1) is 11.8 Å². The maximum Gasteiger partial charge on any atom is 0.227 e. The number of carbonyl (C=O) groups excluding carboxylic acids is 2. The zero-order chi connectivity index (χ0) is 19.8. The number of amides is 2. The van der Waals surface area contributed by atoms with Crippen molar-refractivity contribution in [2.24, 2.45) is 11.8 Å². The van der Waals surface area contributed by atoms with E-state index < -0.39 is 0 Å². The van der Waals surface area contributed by atoms with Gasteiger partial charge in [-0.1, -0.05) is 39.8 Å². The summed E-state index contributed by atoms with van der Waals surface area (Å²) in [5.74, 6) is 2.21. The Labute approximate surface area is 163 Å². The summed E-state index contributed by atoms with van der Waals surface area (Å²) in [6, 6.07) is 7.77. The van der Waals surface area contributed by atoms with Gasteiger partial charge in [0.1, 0.15) is 5.75 Å². The van der Waals surface area contributed by atoms with Crippen LogP contribution < -0.4 is 4.74 Å². The van der Waals surface area contributed by atoms with Crippen molar-refractivity contribution in [2.45, 2.75) is 47.0 Å². The lowest BCUT2D eigenvalue weighted by molar-refractivity contribution is -0.139. The number of nitrogens with zero attached hydrogens (tertiary/aromatic N) is 2. The summed E-state index contributed by atoms with van der Waals surface area (Å²) in [6.45, 7) is 11.7. The van der Waals surface area contributed by atoms with Gasteiger partial charge in [-0.2, -0.15) is 0 Å². The molecule has 0 unspecified atom stereocenters. The molecule has 0 radical (unpaired) electrons. The Morgan fingerprint density at radius 2 is 1.44 bits per heavy atom. The molecule has 2 rings (SSSR count). The van der Waals surface area contributed by atoms with Gasteiger partial charge in [0.25, 0.3) is 0 Å². The highest BCUT2D eigenvalue weighted by molar-refractivity contribution is 5.80. The van der Waals surface area contributed by atoms with Gasteiger partial charge >= 0.3 is 0 Å². The molecular weight excluding hydrogens is 340 g/mol. The molecule has 2 amide bonds. The van der Waals surface area contributed by atoms with Gasteiger partial charge in [0.15, 0.2) is 0 Å². The highest BCUT2D eigenvalue weighted by Crippen LogP contribution is 2.15. The number of ether oxygens (including phenoxy) is 1. The van der Waals surface area contributed by atoms with Crippen molar-refractivity contribution in [3.8, 4) is 5.75 Å². The van der Waals surface area contributed by atoms with Crippen molar-refractivity contribution in [3.63, 3.8) is 0 Å². The molecule has 150 valence electrons. The zero-order valence-electron chi connectivity index (χ0n) is 17.2. The largest absolute Gasteiger partial charge is 0.493 e. The Morgan fingerprint density at radius 1 is 0.889 bits per heavy atom. The van der Waals surface area contributed by atoms with E-state index in [1.807, 2.05) is 34.1 Å². The molecule has 1 heterocycles. The summed E-state index contributed by atoms with van der Waals surface area (Å²) in [4.78, 5) is 28.5. The molecule has 0 saturated carbocycles. The van der Waals surface area contributed by atoms with E-state index in [1.165, 1.54) is 0 Å². The predicted octanol–water partition coefficient (Wildman–Crippen LogP) is 3.37. The minimum atomic E-state index is 0.125. The van der Waals surface area contributed by atoms with E-state index >= 15 is 0 Å². The van der Waals surface area contributed by atoms with Crippen LogP contribution in [-0.4, -0.2) is 54.4 Å². The molecule has 0 atom stereocenters. The van der Waals surface area contributed by atoms with Crippen LogP contribution in [0.4, 0.5) is 0 Å². The Bertz CT molecular complexity index is 602. The molecule has 5 heteroatoms. The minimum absolute atomic E-state index is 0.125. The fraction of sp³-hybridized carbons (Fsp3) is 0.636. The minimum Gasteiger partial charge on any atom is -0.493 e. The number of piperazine rings is 1. The van der Waals surface area contributed by atoms with Gasteiger partial charge in [-0.25, -0.2) is 0 Å². The van der Waals surface area contributed by atoms with Crippen LogP contribution in [0.3, 0.4) is 0 Å². The van der Waals surface area contributed by atoms with Gasteiger partial charge in [-0.3, -0.25) is 9.59 Å². The highest BCUT2D eigenvalue weighted by atomic mass is 16.5. The molecule has 1 aliphatic rings. The fourth-order valence-electron chi connectivity index (χ4n) is 3.03. The fourth-order valence-corrected chi connectivity index (χ4v) is 3.03. The highest BCUT2D eigenvalue weighted by Gasteiger charge is 2.24. The van der Waals surface area contributed by atoms with Crippen LogP contribution in [0.5, 0.6) is 5.75 Å². The Balaban J connectivity index is 1.76. The number of carbonyl (C=O) groups is 2. The van der Waals surface area contributed by atoms with Crippen LogP contribution in [0.25, 0.3) is 0 Å². The van der Waals surface area contributed by atoms with E-state index in [2.05, 4.69) is 27.7 Å². The summed E-state index contributed by atoms with van der Waals surface area (Å²) in [5, 5.41) is 0. The first-order valence-corrected chi connectivity index (χ1v) is 10.1. The third kappa shape index (κ3) is 7.24. The average Bonchev–Trinajstić information content (AvgIpc) is 2.65. The van der Waals surface area contributed by atoms with Gasteiger partial charge in [0.2, 0.25) is 11.8 Å². The molecule has 1 aromatic carbocycles. The van der Waals surface area contributed by atoms with E-state index in [1.54, 1.807) is 0 Å². The lowest BCUT2D eigenvalue weighted by atomic mass is 10.1. The SMILES string of the molecule is CC(C)CCC(=O)N1CCN(C(=O)Cc2ccc(OCC(C)C)cc2)CC1. The number of benzene rings is 1. The first-order valence-electron chi connectivity index (χ1n) is 10.1. The second-order valence-corrected chi connectivity index (χ2v) is 8.22. The summed E-state index contributed by atoms with van der Waals surface area (Å²) in [5.41, 5.74) is 0.993. The quantitative estimate of drug-likeness (QED) is 0.701. The van der Waals surface area contributed by atoms with Gasteiger partial charge in [0.05, 0.1) is 13.0 Å². The van der Waals surface area contributed by atoms with E-state index in [9.17, 15) is 9.59 Å². The second-order valence-electron chi connectivity index (χ2n) is 8.22. The van der Waals surface area contributed by atoms with Crippen molar-refractivity contribution in [3.05, 3.63) is 29.8 Å². The third-order valence-electron chi connectivity index (χ3n) is 4.78. The third-order valence-corrected chi connectivity index (χ3v) is 4.78. The standard InChI is InChI=1S/C22H34N2O3/c1-17(2)5-10-21(25)23-11-13-24(14-12-23)22(26)15-19-6-8-20(9-7-19)27-16-18(3)4/h6-9,17-18H,5,10-16H2,1-4H3. The van der Waals surface area contributed by atoms with E-state index in [-0.39, 0.29) is 11.8 Å². The maximum atomic E-state index is 12.6. The van der Waals surface area contributed by atoms with Crippen molar-refractivity contribution in [1.29, 1.82) is 0 Å². The van der Waals surface area contributed by atoms with Gasteiger partial charge in [-0.05, 0) is 36.0 Å². The number of hydrogen-bond acceptors (Lipinski definition) is 3. The number of rotatable bonds is 8. The van der Waals surface area contributed by atoms with Crippen molar-refractivity contribution in [2.75, 3.05) is 32.8 Å².